The van der Waals surface area contributed by atoms with E-state index in [0.29, 0.717) is 23.5 Å². The zero-order valence-electron chi connectivity index (χ0n) is 15.8. The van der Waals surface area contributed by atoms with Crippen LogP contribution in [-0.4, -0.2) is 24.2 Å². The number of carbonyl (C=O) groups is 1. The maximum absolute atomic E-state index is 11.6. The van der Waals surface area contributed by atoms with Crippen LogP contribution in [0.5, 0.6) is 11.5 Å². The van der Waals surface area contributed by atoms with Crippen LogP contribution >= 0.6 is 0 Å². The first-order valence-corrected chi connectivity index (χ1v) is 8.95. The molecule has 4 N–H and O–H groups in total. The van der Waals surface area contributed by atoms with Crippen LogP contribution in [0.3, 0.4) is 0 Å². The summed E-state index contributed by atoms with van der Waals surface area (Å²) in [6, 6.07) is 14.6. The fourth-order valence-electron chi connectivity index (χ4n) is 3.00. The van der Waals surface area contributed by atoms with Gasteiger partial charge in [0, 0.05) is 55.4 Å². The van der Waals surface area contributed by atoms with Crippen molar-refractivity contribution >= 4 is 17.8 Å². The largest absolute Gasteiger partial charge is 0.457 e. The molecule has 2 aromatic carbocycles. The normalized spacial score (nSPS) is 10.4. The number of pyridine rings is 1. The number of primary amides is 1. The Morgan fingerprint density at radius 2 is 2.00 bits per heavy atom. The first-order chi connectivity index (χ1) is 13.5. The van der Waals surface area contributed by atoms with E-state index in [-0.39, 0.29) is 1.43 Å². The van der Waals surface area contributed by atoms with Crippen molar-refractivity contribution in [3.05, 3.63) is 71.4 Å². The lowest BCUT2D eigenvalue weighted by Gasteiger charge is -2.11. The molecule has 0 saturated carbocycles. The average molecular weight is 376 g/mol. The summed E-state index contributed by atoms with van der Waals surface area (Å²) < 4.78 is 5.97. The van der Waals surface area contributed by atoms with Crippen LogP contribution < -0.4 is 15.8 Å². The Morgan fingerprint density at radius 3 is 2.68 bits per heavy atom. The Labute approximate surface area is 165 Å². The molecule has 1 amide bonds. The second kappa shape index (κ2) is 8.35. The van der Waals surface area contributed by atoms with Gasteiger partial charge in [0.2, 0.25) is 5.91 Å². The molecule has 0 radical (unpaired) electrons. The Balaban J connectivity index is 0.00000300. The molecule has 3 rings (SSSR count). The molecule has 6 nitrogen and oxygen atoms in total. The lowest BCUT2D eigenvalue weighted by molar-refractivity contribution is 0.0999. The number of nitrogens with one attached hydrogen (secondary N) is 2. The van der Waals surface area contributed by atoms with Crippen molar-refractivity contribution in [2.45, 2.75) is 13.3 Å². The standard InChI is InChI=1S/C22H22N4O2.H2/c1-3-14-10-15(5-7-19(14)22(24)27)21-12-18(8-9-26-21)28-17-6-4-16(13-23)20(11-17)25-2;/h4-13,23,25H,3H2,1-2H3,(H2,24,27);1H. The molecule has 1 aromatic heterocycles. The van der Waals surface area contributed by atoms with Crippen LogP contribution in [0.25, 0.3) is 11.3 Å². The number of nitrogens with zero attached hydrogens (tertiary/aromatic N) is 1. The van der Waals surface area contributed by atoms with Crippen LogP contribution in [0.1, 0.15) is 29.8 Å². The third-order valence-corrected chi connectivity index (χ3v) is 4.46. The molecule has 144 valence electrons. The van der Waals surface area contributed by atoms with Gasteiger partial charge in [-0.05, 0) is 42.3 Å². The number of carbonyl (C=O) groups excluding carboxylic acids is 1. The molecule has 0 aliphatic heterocycles. The zero-order valence-corrected chi connectivity index (χ0v) is 15.8. The van der Waals surface area contributed by atoms with E-state index in [1.165, 1.54) is 6.21 Å². The molecular weight excluding hydrogens is 352 g/mol. The Bertz CT molecular complexity index is 1040. The molecule has 0 aliphatic rings. The van der Waals surface area contributed by atoms with Crippen molar-refractivity contribution in [3.63, 3.8) is 0 Å². The van der Waals surface area contributed by atoms with Gasteiger partial charge >= 0.3 is 0 Å². The van der Waals surface area contributed by atoms with Gasteiger partial charge in [0.05, 0.1) is 5.69 Å². The van der Waals surface area contributed by atoms with E-state index in [0.717, 1.165) is 28.1 Å². The van der Waals surface area contributed by atoms with E-state index in [2.05, 4.69) is 10.3 Å². The van der Waals surface area contributed by atoms with Gasteiger partial charge in [0.15, 0.2) is 0 Å². The summed E-state index contributed by atoms with van der Waals surface area (Å²) in [7, 11) is 1.80. The van der Waals surface area contributed by atoms with Crippen LogP contribution in [0.2, 0.25) is 0 Å². The molecule has 0 unspecified atom stereocenters. The van der Waals surface area contributed by atoms with Crippen LogP contribution in [-0.2, 0) is 6.42 Å². The Morgan fingerprint density at radius 1 is 1.21 bits per heavy atom. The van der Waals surface area contributed by atoms with Crippen LogP contribution in [0.4, 0.5) is 5.69 Å². The summed E-state index contributed by atoms with van der Waals surface area (Å²) in [5, 5.41) is 10.5. The van der Waals surface area contributed by atoms with Crippen LogP contribution in [0.15, 0.2) is 54.7 Å². The number of aromatic nitrogens is 1. The van der Waals surface area contributed by atoms with E-state index in [1.807, 2.05) is 43.3 Å². The van der Waals surface area contributed by atoms with Crippen molar-refractivity contribution < 1.29 is 11.0 Å². The molecule has 0 atom stereocenters. The number of nitrogens with two attached hydrogens (primary N) is 1. The topological polar surface area (TPSA) is 101 Å². The molecule has 0 saturated heterocycles. The number of rotatable bonds is 7. The predicted octanol–water partition coefficient (Wildman–Crippen LogP) is 4.49. The second-order valence-corrected chi connectivity index (χ2v) is 6.21. The minimum atomic E-state index is -0.429. The number of aryl methyl sites for hydroxylation is 1. The van der Waals surface area contributed by atoms with Crippen molar-refractivity contribution in [1.29, 1.82) is 5.41 Å². The number of ether oxygens (including phenoxy) is 1. The first kappa shape index (κ1) is 19.1. The molecule has 0 spiro atoms. The van der Waals surface area contributed by atoms with Gasteiger partial charge in [-0.15, -0.1) is 0 Å². The summed E-state index contributed by atoms with van der Waals surface area (Å²) in [5.41, 5.74) is 10.1. The molecule has 3 aromatic rings. The highest BCUT2D eigenvalue weighted by atomic mass is 16.5. The number of hydrogen-bond donors (Lipinski definition) is 3. The van der Waals surface area contributed by atoms with Gasteiger partial charge in [0.1, 0.15) is 11.5 Å². The van der Waals surface area contributed by atoms with E-state index in [1.54, 1.807) is 25.4 Å². The number of anilines is 1. The third kappa shape index (κ3) is 4.01. The number of amides is 1. The van der Waals surface area contributed by atoms with Crippen molar-refractivity contribution in [2.24, 2.45) is 5.73 Å². The number of hydrogen-bond acceptors (Lipinski definition) is 5. The lowest BCUT2D eigenvalue weighted by atomic mass is 9.99. The van der Waals surface area contributed by atoms with Gasteiger partial charge < -0.3 is 21.2 Å². The minimum Gasteiger partial charge on any atom is -0.457 e. The van der Waals surface area contributed by atoms with Crippen molar-refractivity contribution in [1.82, 2.24) is 4.98 Å². The highest BCUT2D eigenvalue weighted by molar-refractivity contribution is 5.95. The monoisotopic (exact) mass is 376 g/mol. The van der Waals surface area contributed by atoms with Gasteiger partial charge in [-0.2, -0.15) is 0 Å². The SMILES string of the molecule is CCc1cc(-c2cc(Oc3ccc(C=N)c(NC)c3)ccn2)ccc1C(N)=O.[HH]. The molecule has 6 heteroatoms. The van der Waals surface area contributed by atoms with E-state index < -0.39 is 5.91 Å². The van der Waals surface area contributed by atoms with Gasteiger partial charge in [0.25, 0.3) is 0 Å². The quantitative estimate of drug-likeness (QED) is 0.529. The Hall–Kier alpha value is -3.67. The summed E-state index contributed by atoms with van der Waals surface area (Å²) in [4.78, 5) is 16.0. The fourth-order valence-corrected chi connectivity index (χ4v) is 3.00. The maximum Gasteiger partial charge on any atom is 0.248 e. The molecule has 1 heterocycles. The number of benzene rings is 2. The zero-order chi connectivity index (χ0) is 20.1. The van der Waals surface area contributed by atoms with E-state index >= 15 is 0 Å². The molecule has 0 bridgehead atoms. The molecule has 0 fully saturated rings. The Kier molecular flexibility index (Phi) is 5.69. The summed E-state index contributed by atoms with van der Waals surface area (Å²) in [6.07, 6.45) is 3.68. The van der Waals surface area contributed by atoms with Gasteiger partial charge in [-0.3, -0.25) is 9.78 Å². The lowest BCUT2D eigenvalue weighted by Crippen LogP contribution is -2.13. The van der Waals surface area contributed by atoms with Gasteiger partial charge in [-0.25, -0.2) is 0 Å². The molecule has 28 heavy (non-hydrogen) atoms. The van der Waals surface area contributed by atoms with Crippen molar-refractivity contribution in [2.75, 3.05) is 12.4 Å². The fraction of sp³-hybridized carbons (Fsp3) is 0.136. The third-order valence-electron chi connectivity index (χ3n) is 4.46. The second-order valence-electron chi connectivity index (χ2n) is 6.21. The summed E-state index contributed by atoms with van der Waals surface area (Å²) in [5.74, 6) is 0.874. The van der Waals surface area contributed by atoms with Crippen LogP contribution in [0, 0.1) is 5.41 Å². The molecule has 0 aliphatic carbocycles. The molecular formula is C22H24N4O2. The predicted molar refractivity (Wildman–Crippen MR) is 114 cm³/mol. The summed E-state index contributed by atoms with van der Waals surface area (Å²) in [6.45, 7) is 1.98. The maximum atomic E-state index is 11.6. The highest BCUT2D eigenvalue weighted by Crippen LogP contribution is 2.29. The smallest absolute Gasteiger partial charge is 0.248 e. The first-order valence-electron chi connectivity index (χ1n) is 8.95. The summed E-state index contributed by atoms with van der Waals surface area (Å²) >= 11 is 0. The van der Waals surface area contributed by atoms with E-state index in [4.69, 9.17) is 15.9 Å². The van der Waals surface area contributed by atoms with E-state index in [9.17, 15) is 4.79 Å². The highest BCUT2D eigenvalue weighted by Gasteiger charge is 2.10. The van der Waals surface area contributed by atoms with Gasteiger partial charge in [-0.1, -0.05) is 13.0 Å². The van der Waals surface area contributed by atoms with Crippen molar-refractivity contribution in [3.8, 4) is 22.8 Å². The minimum absolute atomic E-state index is 0. The average Bonchev–Trinajstić information content (AvgIpc) is 2.73.